The molecule has 3 aromatic rings. The molecule has 0 aliphatic heterocycles. The molecule has 126 valence electrons. The molecule has 0 unspecified atom stereocenters. The van der Waals surface area contributed by atoms with E-state index in [0.717, 1.165) is 0 Å². The minimum Gasteiger partial charge on any atom is -0.331 e. The number of nitrogens with one attached hydrogen (secondary N) is 4. The largest absolute Gasteiger partial charge is 0.331 e. The second-order valence-electron chi connectivity index (χ2n) is 4.99. The van der Waals surface area contributed by atoms with Gasteiger partial charge in [-0.05, 0) is 42.5 Å². The topological polar surface area (TPSA) is 98.9 Å². The van der Waals surface area contributed by atoms with Crippen molar-refractivity contribution in [2.24, 2.45) is 0 Å². The minimum absolute atomic E-state index is 0.0484. The lowest BCUT2D eigenvalue weighted by molar-refractivity contribution is 0.0940. The fourth-order valence-electron chi connectivity index (χ4n) is 2.16. The zero-order valence-corrected chi connectivity index (χ0v) is 13.5. The van der Waals surface area contributed by atoms with E-state index in [-0.39, 0.29) is 22.2 Å². The molecular weight excluding hydrogens is 345 g/mol. The Labute approximate surface area is 146 Å². The number of thiocarbonyl (C=S) groups is 1. The van der Waals surface area contributed by atoms with Crippen LogP contribution >= 0.6 is 12.2 Å². The molecular formula is C16H12FN5O2S. The first-order chi connectivity index (χ1) is 12.0. The van der Waals surface area contributed by atoms with Crippen LogP contribution in [0.4, 0.5) is 10.1 Å². The molecule has 2 aromatic carbocycles. The predicted octanol–water partition coefficient (Wildman–Crippen LogP) is 1.69. The molecule has 0 saturated heterocycles. The summed E-state index contributed by atoms with van der Waals surface area (Å²) in [5, 5.41) is 9.73. The van der Waals surface area contributed by atoms with Gasteiger partial charge in [-0.2, -0.15) is 5.10 Å². The van der Waals surface area contributed by atoms with Gasteiger partial charge in [-0.1, -0.05) is 18.2 Å². The average Bonchev–Trinajstić information content (AvgIpc) is 2.62. The van der Waals surface area contributed by atoms with Crippen molar-refractivity contribution in [2.75, 3.05) is 5.32 Å². The maximum Gasteiger partial charge on any atom is 0.290 e. The van der Waals surface area contributed by atoms with Crippen LogP contribution in [0, 0.1) is 5.82 Å². The number of hydrogen-bond donors (Lipinski definition) is 4. The highest BCUT2D eigenvalue weighted by Gasteiger charge is 2.13. The smallest absolute Gasteiger partial charge is 0.290 e. The number of anilines is 1. The Hall–Kier alpha value is -3.33. The van der Waals surface area contributed by atoms with E-state index < -0.39 is 5.91 Å². The highest BCUT2D eigenvalue weighted by Crippen LogP contribution is 2.12. The van der Waals surface area contributed by atoms with Gasteiger partial charge in [0.25, 0.3) is 11.5 Å². The third-order valence-electron chi connectivity index (χ3n) is 3.30. The van der Waals surface area contributed by atoms with Crippen LogP contribution < -0.4 is 21.7 Å². The summed E-state index contributed by atoms with van der Waals surface area (Å²) in [6.07, 6.45) is 0. The number of rotatable bonds is 2. The number of aromatic nitrogens is 2. The maximum atomic E-state index is 12.9. The lowest BCUT2D eigenvalue weighted by atomic mass is 10.1. The van der Waals surface area contributed by atoms with Gasteiger partial charge in [-0.3, -0.25) is 20.4 Å². The van der Waals surface area contributed by atoms with Crippen molar-refractivity contribution in [3.05, 3.63) is 70.4 Å². The van der Waals surface area contributed by atoms with Crippen molar-refractivity contribution in [3.8, 4) is 0 Å². The molecule has 7 nitrogen and oxygen atoms in total. The zero-order chi connectivity index (χ0) is 17.8. The molecule has 0 spiro atoms. The number of hydrogen-bond acceptors (Lipinski definition) is 4. The van der Waals surface area contributed by atoms with Crippen LogP contribution in [0.15, 0.2) is 53.3 Å². The Morgan fingerprint density at radius 3 is 2.44 bits per heavy atom. The molecule has 1 heterocycles. The third kappa shape index (κ3) is 3.78. The highest BCUT2D eigenvalue weighted by molar-refractivity contribution is 7.80. The van der Waals surface area contributed by atoms with Crippen LogP contribution in [0.5, 0.6) is 0 Å². The second-order valence-corrected chi connectivity index (χ2v) is 5.40. The summed E-state index contributed by atoms with van der Waals surface area (Å²) in [5.74, 6) is -0.940. The number of nitrogens with zero attached hydrogens (tertiary/aromatic N) is 1. The van der Waals surface area contributed by atoms with Crippen LogP contribution in [0.25, 0.3) is 10.8 Å². The molecule has 0 atom stereocenters. The standard InChI is InChI=1S/C16H12FN5O2S/c17-9-5-7-10(8-6-9)18-16(25)22-21-15(24)13-11-3-1-2-4-12(11)14(23)20-19-13/h1-8H,(H,20,23)(H,21,24)(H2,18,22,25). The van der Waals surface area contributed by atoms with Crippen LogP contribution in [0.3, 0.4) is 0 Å². The fourth-order valence-corrected chi connectivity index (χ4v) is 2.33. The molecule has 0 saturated carbocycles. The van der Waals surface area contributed by atoms with Crippen LogP contribution in [0.1, 0.15) is 10.5 Å². The van der Waals surface area contributed by atoms with E-state index in [1.54, 1.807) is 24.3 Å². The van der Waals surface area contributed by atoms with Crippen LogP contribution in [-0.4, -0.2) is 21.2 Å². The number of H-pyrrole nitrogens is 1. The monoisotopic (exact) mass is 357 g/mol. The summed E-state index contributed by atoms with van der Waals surface area (Å²) in [5.41, 5.74) is 5.13. The van der Waals surface area contributed by atoms with Gasteiger partial charge < -0.3 is 5.32 Å². The Kier molecular flexibility index (Phi) is 4.66. The molecule has 3 rings (SSSR count). The predicted molar refractivity (Wildman–Crippen MR) is 95.6 cm³/mol. The van der Waals surface area contributed by atoms with Gasteiger partial charge in [0.2, 0.25) is 0 Å². The van der Waals surface area contributed by atoms with Gasteiger partial charge in [-0.15, -0.1) is 0 Å². The van der Waals surface area contributed by atoms with E-state index in [2.05, 4.69) is 26.4 Å². The molecule has 9 heteroatoms. The number of halogens is 1. The SMILES string of the molecule is O=C(NNC(=S)Nc1ccc(F)cc1)c1n[nH]c(=O)c2ccccc12. The molecule has 4 N–H and O–H groups in total. The van der Waals surface area contributed by atoms with Crippen molar-refractivity contribution in [2.45, 2.75) is 0 Å². The molecule has 1 aromatic heterocycles. The number of benzene rings is 2. The Balaban J connectivity index is 1.69. The van der Waals surface area contributed by atoms with E-state index in [4.69, 9.17) is 12.2 Å². The maximum absolute atomic E-state index is 12.9. The number of carbonyl (C=O) groups excluding carboxylic acids is 1. The van der Waals surface area contributed by atoms with Gasteiger partial charge in [0.05, 0.1) is 5.39 Å². The minimum atomic E-state index is -0.573. The highest BCUT2D eigenvalue weighted by atomic mass is 32.1. The molecule has 0 aliphatic rings. The van der Waals surface area contributed by atoms with Crippen molar-refractivity contribution in [1.29, 1.82) is 0 Å². The van der Waals surface area contributed by atoms with E-state index in [1.807, 2.05) is 0 Å². The fraction of sp³-hybridized carbons (Fsp3) is 0. The summed E-state index contributed by atoms with van der Waals surface area (Å²) in [6, 6.07) is 12.2. The lowest BCUT2D eigenvalue weighted by Gasteiger charge is -2.11. The van der Waals surface area contributed by atoms with Gasteiger partial charge >= 0.3 is 0 Å². The molecule has 1 amide bonds. The van der Waals surface area contributed by atoms with Gasteiger partial charge in [0, 0.05) is 11.1 Å². The molecule has 25 heavy (non-hydrogen) atoms. The Bertz CT molecular complexity index is 1000. The number of hydrazine groups is 1. The summed E-state index contributed by atoms with van der Waals surface area (Å²) in [7, 11) is 0. The van der Waals surface area contributed by atoms with Gasteiger partial charge in [-0.25, -0.2) is 9.49 Å². The molecule has 0 aliphatic carbocycles. The Morgan fingerprint density at radius 1 is 1.04 bits per heavy atom. The van der Waals surface area contributed by atoms with Gasteiger partial charge in [0.1, 0.15) is 5.82 Å². The van der Waals surface area contributed by atoms with Gasteiger partial charge in [0.15, 0.2) is 10.8 Å². The zero-order valence-electron chi connectivity index (χ0n) is 12.7. The summed E-state index contributed by atoms with van der Waals surface area (Å²) in [4.78, 5) is 24.0. The van der Waals surface area contributed by atoms with Crippen molar-refractivity contribution < 1.29 is 9.18 Å². The third-order valence-corrected chi connectivity index (χ3v) is 3.51. The summed E-state index contributed by atoms with van der Waals surface area (Å²) >= 11 is 5.04. The molecule has 0 fully saturated rings. The lowest BCUT2D eigenvalue weighted by Crippen LogP contribution is -2.44. The normalized spacial score (nSPS) is 10.3. The first kappa shape index (κ1) is 16.5. The van der Waals surface area contributed by atoms with Crippen molar-refractivity contribution >= 4 is 39.7 Å². The number of carbonyl (C=O) groups is 1. The van der Waals surface area contributed by atoms with E-state index >= 15 is 0 Å². The summed E-state index contributed by atoms with van der Waals surface area (Å²) < 4.78 is 12.9. The first-order valence-electron chi connectivity index (χ1n) is 7.15. The number of amides is 1. The van der Waals surface area contributed by atoms with E-state index in [0.29, 0.717) is 16.5 Å². The number of fused-ring (bicyclic) bond motifs is 1. The summed E-state index contributed by atoms with van der Waals surface area (Å²) in [6.45, 7) is 0. The number of aromatic amines is 1. The van der Waals surface area contributed by atoms with E-state index in [9.17, 15) is 14.0 Å². The average molecular weight is 357 g/mol. The van der Waals surface area contributed by atoms with Crippen LogP contribution in [0.2, 0.25) is 0 Å². The van der Waals surface area contributed by atoms with Crippen LogP contribution in [-0.2, 0) is 0 Å². The molecule has 0 radical (unpaired) electrons. The molecule has 0 bridgehead atoms. The second kappa shape index (κ2) is 7.05. The van der Waals surface area contributed by atoms with Crippen molar-refractivity contribution in [3.63, 3.8) is 0 Å². The van der Waals surface area contributed by atoms with Crippen molar-refractivity contribution in [1.82, 2.24) is 21.0 Å². The van der Waals surface area contributed by atoms with E-state index in [1.165, 1.54) is 24.3 Å². The quantitative estimate of drug-likeness (QED) is 0.412. The Morgan fingerprint density at radius 2 is 1.72 bits per heavy atom. The first-order valence-corrected chi connectivity index (χ1v) is 7.56.